The lowest BCUT2D eigenvalue weighted by atomic mass is 10.1. The highest BCUT2D eigenvalue weighted by Gasteiger charge is 2.32. The van der Waals surface area contributed by atoms with E-state index in [1.165, 1.54) is 12.1 Å². The Morgan fingerprint density at radius 2 is 1.73 bits per heavy atom. The smallest absolute Gasteiger partial charge is 0.166 e. The van der Waals surface area contributed by atoms with Gasteiger partial charge in [0.2, 0.25) is 0 Å². The minimum atomic E-state index is -4.27. The number of hydrogen-bond acceptors (Lipinski definition) is 0. The molecule has 0 aliphatic heterocycles. The van der Waals surface area contributed by atoms with Crippen LogP contribution in [0.1, 0.15) is 31.9 Å². The van der Waals surface area contributed by atoms with Crippen molar-refractivity contribution in [2.45, 2.75) is 33.4 Å². The highest BCUT2D eigenvalue weighted by Crippen LogP contribution is 2.35. The molecule has 1 aromatic rings. The standard InChI is InChI=1S/C9H8BrF3.C2H6/c1-2-6-3-4-8(10)7(5-6)9(11,12)13;1-2/h3-5H,2H2,1H3;1-2H3. The van der Waals surface area contributed by atoms with Gasteiger partial charge in [-0.05, 0) is 24.1 Å². The first-order valence-corrected chi connectivity index (χ1v) is 5.60. The van der Waals surface area contributed by atoms with Crippen molar-refractivity contribution < 1.29 is 13.2 Å². The molecule has 0 bridgehead atoms. The Kier molecular flexibility index (Phi) is 5.95. The van der Waals surface area contributed by atoms with Gasteiger partial charge in [0.1, 0.15) is 0 Å². The van der Waals surface area contributed by atoms with Gasteiger partial charge >= 0.3 is 6.18 Å². The first-order chi connectivity index (χ1) is 6.95. The summed E-state index contributed by atoms with van der Waals surface area (Å²) in [5, 5.41) is 0. The van der Waals surface area contributed by atoms with Crippen molar-refractivity contribution in [3.8, 4) is 0 Å². The molecule has 0 nitrogen and oxygen atoms in total. The average molecular weight is 283 g/mol. The van der Waals surface area contributed by atoms with E-state index in [-0.39, 0.29) is 4.47 Å². The van der Waals surface area contributed by atoms with Crippen LogP contribution in [0.3, 0.4) is 0 Å². The van der Waals surface area contributed by atoms with Crippen LogP contribution >= 0.6 is 15.9 Å². The molecule has 1 rings (SSSR count). The third-order valence-corrected chi connectivity index (χ3v) is 2.44. The van der Waals surface area contributed by atoms with Gasteiger partial charge in [-0.2, -0.15) is 13.2 Å². The van der Waals surface area contributed by atoms with Crippen LogP contribution in [0.5, 0.6) is 0 Å². The van der Waals surface area contributed by atoms with Gasteiger partial charge in [-0.25, -0.2) is 0 Å². The number of rotatable bonds is 1. The molecule has 0 aliphatic carbocycles. The Morgan fingerprint density at radius 1 is 1.20 bits per heavy atom. The number of halogens is 4. The van der Waals surface area contributed by atoms with Crippen LogP contribution in [0, 0.1) is 0 Å². The predicted molar refractivity (Wildman–Crippen MR) is 59.9 cm³/mol. The van der Waals surface area contributed by atoms with E-state index in [1.807, 2.05) is 20.8 Å². The molecular formula is C11H14BrF3. The first kappa shape index (κ1) is 14.5. The number of benzene rings is 1. The fourth-order valence-corrected chi connectivity index (χ4v) is 1.48. The summed E-state index contributed by atoms with van der Waals surface area (Å²) in [6.45, 7) is 5.82. The molecule has 0 saturated carbocycles. The number of hydrogen-bond donors (Lipinski definition) is 0. The van der Waals surface area contributed by atoms with Crippen molar-refractivity contribution in [1.82, 2.24) is 0 Å². The van der Waals surface area contributed by atoms with E-state index in [0.29, 0.717) is 12.0 Å². The summed E-state index contributed by atoms with van der Waals surface area (Å²) in [4.78, 5) is 0. The van der Waals surface area contributed by atoms with E-state index >= 15 is 0 Å². The number of alkyl halides is 3. The van der Waals surface area contributed by atoms with Crippen LogP contribution < -0.4 is 0 Å². The molecule has 0 atom stereocenters. The molecule has 0 fully saturated rings. The fourth-order valence-electron chi connectivity index (χ4n) is 1.01. The monoisotopic (exact) mass is 282 g/mol. The van der Waals surface area contributed by atoms with Crippen molar-refractivity contribution in [2.75, 3.05) is 0 Å². The summed E-state index contributed by atoms with van der Waals surface area (Å²) in [6, 6.07) is 4.28. The normalized spacial score (nSPS) is 10.6. The largest absolute Gasteiger partial charge is 0.417 e. The van der Waals surface area contributed by atoms with Gasteiger partial charge in [-0.15, -0.1) is 0 Å². The quantitative estimate of drug-likeness (QED) is 0.676. The van der Waals surface area contributed by atoms with Gasteiger partial charge in [-0.3, -0.25) is 0 Å². The highest BCUT2D eigenvalue weighted by atomic mass is 79.9. The van der Waals surface area contributed by atoms with Gasteiger partial charge in [0, 0.05) is 4.47 Å². The SMILES string of the molecule is CC.CCc1ccc(Br)c(C(F)(F)F)c1. The Labute approximate surface area is 96.6 Å². The van der Waals surface area contributed by atoms with E-state index in [9.17, 15) is 13.2 Å². The molecule has 1 aromatic carbocycles. The van der Waals surface area contributed by atoms with Gasteiger partial charge in [0.15, 0.2) is 0 Å². The summed E-state index contributed by atoms with van der Waals surface area (Å²) < 4.78 is 37.1. The summed E-state index contributed by atoms with van der Waals surface area (Å²) >= 11 is 2.88. The summed E-state index contributed by atoms with van der Waals surface area (Å²) in [6.07, 6.45) is -3.67. The molecule has 0 heterocycles. The second kappa shape index (κ2) is 6.16. The van der Waals surface area contributed by atoms with E-state index in [2.05, 4.69) is 15.9 Å². The fraction of sp³-hybridized carbons (Fsp3) is 0.455. The zero-order valence-corrected chi connectivity index (χ0v) is 10.5. The van der Waals surface area contributed by atoms with Crippen LogP contribution in [0.15, 0.2) is 22.7 Å². The lowest BCUT2D eigenvalue weighted by Gasteiger charge is -2.10. The molecule has 0 amide bonds. The summed E-state index contributed by atoms with van der Waals surface area (Å²) in [5.41, 5.74) is 0.0855. The predicted octanol–water partition coefficient (Wildman–Crippen LogP) is 5.06. The molecule has 0 spiro atoms. The van der Waals surface area contributed by atoms with Crippen molar-refractivity contribution in [3.05, 3.63) is 33.8 Å². The third kappa shape index (κ3) is 4.24. The highest BCUT2D eigenvalue weighted by molar-refractivity contribution is 9.10. The minimum absolute atomic E-state index is 0.0946. The van der Waals surface area contributed by atoms with E-state index in [4.69, 9.17) is 0 Å². The van der Waals surface area contributed by atoms with Crippen LogP contribution in [0.25, 0.3) is 0 Å². The molecule has 0 N–H and O–H groups in total. The van der Waals surface area contributed by atoms with Gasteiger partial charge in [0.05, 0.1) is 5.56 Å². The van der Waals surface area contributed by atoms with Crippen molar-refractivity contribution in [1.29, 1.82) is 0 Å². The zero-order valence-electron chi connectivity index (χ0n) is 8.95. The maximum atomic E-state index is 12.3. The second-order valence-electron chi connectivity index (χ2n) is 2.67. The van der Waals surface area contributed by atoms with Gasteiger partial charge in [-0.1, -0.05) is 42.8 Å². The molecule has 86 valence electrons. The summed E-state index contributed by atoms with van der Waals surface area (Å²) in [7, 11) is 0. The molecule has 0 aromatic heterocycles. The van der Waals surface area contributed by atoms with Crippen LogP contribution in [0.4, 0.5) is 13.2 Å². The first-order valence-electron chi connectivity index (χ1n) is 4.80. The Morgan fingerprint density at radius 3 is 2.13 bits per heavy atom. The molecular weight excluding hydrogens is 269 g/mol. The minimum Gasteiger partial charge on any atom is -0.166 e. The van der Waals surface area contributed by atoms with E-state index in [0.717, 1.165) is 0 Å². The average Bonchev–Trinajstić information content (AvgIpc) is 2.20. The number of aryl methyl sites for hydroxylation is 1. The lowest BCUT2D eigenvalue weighted by Crippen LogP contribution is -2.06. The molecule has 0 aliphatic rings. The van der Waals surface area contributed by atoms with E-state index in [1.54, 1.807) is 6.07 Å². The van der Waals surface area contributed by atoms with Crippen molar-refractivity contribution >= 4 is 15.9 Å². The van der Waals surface area contributed by atoms with Crippen molar-refractivity contribution in [3.63, 3.8) is 0 Å². The second-order valence-corrected chi connectivity index (χ2v) is 3.52. The van der Waals surface area contributed by atoms with Crippen LogP contribution in [0.2, 0.25) is 0 Å². The topological polar surface area (TPSA) is 0 Å². The van der Waals surface area contributed by atoms with Crippen LogP contribution in [-0.4, -0.2) is 0 Å². The van der Waals surface area contributed by atoms with E-state index < -0.39 is 11.7 Å². The van der Waals surface area contributed by atoms with Gasteiger partial charge in [0.25, 0.3) is 0 Å². The molecule has 0 unspecified atom stereocenters. The molecule has 0 saturated heterocycles. The third-order valence-electron chi connectivity index (χ3n) is 1.74. The lowest BCUT2D eigenvalue weighted by molar-refractivity contribution is -0.138. The zero-order chi connectivity index (χ0) is 12.1. The molecule has 0 radical (unpaired) electrons. The Balaban J connectivity index is 0.000000921. The Bertz CT molecular complexity index is 305. The molecule has 4 heteroatoms. The Hall–Kier alpha value is -0.510. The summed E-state index contributed by atoms with van der Waals surface area (Å²) in [5.74, 6) is 0. The van der Waals surface area contributed by atoms with Crippen molar-refractivity contribution in [2.24, 2.45) is 0 Å². The maximum Gasteiger partial charge on any atom is 0.417 e. The maximum absolute atomic E-state index is 12.3. The van der Waals surface area contributed by atoms with Gasteiger partial charge < -0.3 is 0 Å². The van der Waals surface area contributed by atoms with Crippen LogP contribution in [-0.2, 0) is 12.6 Å². The molecule has 15 heavy (non-hydrogen) atoms.